The maximum Gasteiger partial charge on any atom is 0.370 e. The van der Waals surface area contributed by atoms with Crippen LogP contribution in [0, 0.1) is 7.14 Å². The molecule has 0 fully saturated rings. The monoisotopic (exact) mass is 915 g/mol. The van der Waals surface area contributed by atoms with Crippen molar-refractivity contribution >= 4 is 99.2 Å². The molecule has 0 bridgehead atoms. The van der Waals surface area contributed by atoms with Crippen molar-refractivity contribution in [3.8, 4) is 0 Å². The number of hydrogen-bond acceptors (Lipinski definition) is 6. The number of carboxylic acid groups (broad SMARTS) is 1. The molecule has 3 aromatic rings. The number of benzene rings is 3. The van der Waals surface area contributed by atoms with Crippen molar-refractivity contribution in [2.24, 2.45) is 0 Å². The van der Waals surface area contributed by atoms with Crippen LogP contribution in [-0.4, -0.2) is 60.9 Å². The average Bonchev–Trinajstić information content (AvgIpc) is 3.28. The van der Waals surface area contributed by atoms with Gasteiger partial charge >= 0.3 is 5.97 Å². The van der Waals surface area contributed by atoms with Crippen LogP contribution in [0.1, 0.15) is 38.8 Å². The Labute approximate surface area is 307 Å². The summed E-state index contributed by atoms with van der Waals surface area (Å²) < 4.78 is 72.4. The quantitative estimate of drug-likeness (QED) is 0.0941. The number of nitrogens with zero attached hydrogens (tertiary/aromatic N) is 2. The predicted octanol–water partition coefficient (Wildman–Crippen LogP) is 6.98. The third-order valence-corrected chi connectivity index (χ3v) is 11.9. The molecule has 3 N–H and O–H groups in total. The molecule has 5 rings (SSSR count). The number of likely N-dealkylation sites (N-methyl/N-ethyl adjacent to an activating group) is 1. The lowest BCUT2D eigenvalue weighted by atomic mass is 9.79. The van der Waals surface area contributed by atoms with Gasteiger partial charge in [-0.2, -0.15) is 21.4 Å². The third kappa shape index (κ3) is 6.54. The number of allylic oxidation sites excluding steroid dienone is 8. The highest BCUT2D eigenvalue weighted by Gasteiger charge is 2.47. The van der Waals surface area contributed by atoms with Crippen molar-refractivity contribution in [2.75, 3.05) is 18.5 Å². The van der Waals surface area contributed by atoms with Crippen LogP contribution in [0.5, 0.6) is 0 Å². The fraction of sp³-hybridized carbons (Fsp3) is 0.235. The first-order valence-electron chi connectivity index (χ1n) is 14.6. The first-order chi connectivity index (χ1) is 22.2. The van der Waals surface area contributed by atoms with Crippen molar-refractivity contribution < 1.29 is 40.4 Å². The number of carboxylic acids is 1. The van der Waals surface area contributed by atoms with E-state index in [1.165, 1.54) is 24.5 Å². The highest BCUT2D eigenvalue weighted by molar-refractivity contribution is 14.1. The molecule has 0 aromatic heterocycles. The van der Waals surface area contributed by atoms with Crippen LogP contribution in [0.25, 0.3) is 10.8 Å². The van der Waals surface area contributed by atoms with Crippen LogP contribution in [-0.2, 0) is 35.9 Å². The fourth-order valence-corrected chi connectivity index (χ4v) is 10.6. The van der Waals surface area contributed by atoms with Crippen LogP contribution in [0.3, 0.4) is 0 Å². The zero-order valence-electron chi connectivity index (χ0n) is 26.6. The van der Waals surface area contributed by atoms with Gasteiger partial charge in [-0.3, -0.25) is 9.11 Å². The smallest absolute Gasteiger partial charge is 0.370 e. The molecular formula is C34H33I2N2O8S2+. The molecule has 0 aliphatic carbocycles. The summed E-state index contributed by atoms with van der Waals surface area (Å²) in [6.07, 6.45) is 13.1. The molecule has 0 atom stereocenters. The third-order valence-electron chi connectivity index (χ3n) is 8.74. The highest BCUT2D eigenvalue weighted by atomic mass is 127. The first kappa shape index (κ1) is 36.4. The summed E-state index contributed by atoms with van der Waals surface area (Å²) in [5, 5.41) is 9.93. The second-order valence-corrected chi connectivity index (χ2v) is 17.8. The summed E-state index contributed by atoms with van der Waals surface area (Å²) in [6, 6.07) is 9.12. The van der Waals surface area contributed by atoms with E-state index in [1.807, 2.05) is 18.2 Å². The Morgan fingerprint density at radius 3 is 2.12 bits per heavy atom. The Morgan fingerprint density at radius 1 is 0.854 bits per heavy atom. The maximum atomic E-state index is 12.3. The molecule has 48 heavy (non-hydrogen) atoms. The minimum Gasteiger partial charge on any atom is -0.477 e. The molecule has 2 aliphatic rings. The second-order valence-electron chi connectivity index (χ2n) is 12.6. The van der Waals surface area contributed by atoms with Gasteiger partial charge in [0.2, 0.25) is 12.2 Å². The maximum absolute atomic E-state index is 12.3. The van der Waals surface area contributed by atoms with Gasteiger partial charge in [-0.05, 0) is 101 Å². The molecule has 0 amide bonds. The zero-order valence-corrected chi connectivity index (χ0v) is 32.5. The summed E-state index contributed by atoms with van der Waals surface area (Å²) >= 11 is 4.73. The molecule has 0 saturated heterocycles. The van der Waals surface area contributed by atoms with Gasteiger partial charge in [0.15, 0.2) is 5.71 Å². The van der Waals surface area contributed by atoms with Gasteiger partial charge < -0.3 is 10.0 Å². The molecule has 0 saturated carbocycles. The van der Waals surface area contributed by atoms with E-state index in [9.17, 15) is 35.8 Å². The van der Waals surface area contributed by atoms with Crippen molar-refractivity contribution in [3.63, 3.8) is 0 Å². The van der Waals surface area contributed by atoms with E-state index in [2.05, 4.69) is 89.2 Å². The number of rotatable bonds is 8. The summed E-state index contributed by atoms with van der Waals surface area (Å²) in [5.74, 6) is -1.12. The lowest BCUT2D eigenvalue weighted by Gasteiger charge is -2.24. The number of anilines is 1. The normalized spacial score (nSPS) is 18.3. The molecule has 14 heteroatoms. The minimum atomic E-state index is -4.90. The SMILES string of the molecule is CN1C(=CC=CC=CC=CC2=[N+](CC(=O)O)c3ccc4c(S(=O)(=O)O)cc(S(=O)(=O)O)cc4c3C2(C)C)C(C)(C)c2c(I)cc(I)cc21. The molecule has 2 aliphatic heterocycles. The van der Waals surface area contributed by atoms with Crippen molar-refractivity contribution in [1.82, 2.24) is 0 Å². The van der Waals surface area contributed by atoms with E-state index < -0.39 is 48.0 Å². The minimum absolute atomic E-state index is 0.0278. The van der Waals surface area contributed by atoms with Gasteiger partial charge in [0, 0.05) is 59.6 Å². The molecule has 2 heterocycles. The number of fused-ring (bicyclic) bond motifs is 4. The van der Waals surface area contributed by atoms with Gasteiger partial charge in [0.1, 0.15) is 4.90 Å². The first-order valence-corrected chi connectivity index (χ1v) is 19.6. The number of halogens is 2. The zero-order chi connectivity index (χ0) is 35.6. The summed E-state index contributed by atoms with van der Waals surface area (Å²) in [5.41, 5.74) is 3.94. The number of hydrogen-bond donors (Lipinski definition) is 3. The highest BCUT2D eigenvalue weighted by Crippen LogP contribution is 2.49. The lowest BCUT2D eigenvalue weighted by molar-refractivity contribution is -0.427. The van der Waals surface area contributed by atoms with Crippen molar-refractivity contribution in [2.45, 2.75) is 48.3 Å². The molecule has 10 nitrogen and oxygen atoms in total. The van der Waals surface area contributed by atoms with Crippen LogP contribution in [0.4, 0.5) is 11.4 Å². The fourth-order valence-electron chi connectivity index (χ4n) is 6.73. The Kier molecular flexibility index (Phi) is 9.68. The predicted molar refractivity (Wildman–Crippen MR) is 203 cm³/mol. The largest absolute Gasteiger partial charge is 0.477 e. The van der Waals surface area contributed by atoms with Crippen LogP contribution >= 0.6 is 45.2 Å². The van der Waals surface area contributed by atoms with Gasteiger partial charge in [-0.15, -0.1) is 0 Å². The molecule has 3 aromatic carbocycles. The summed E-state index contributed by atoms with van der Waals surface area (Å²) in [6.45, 7) is 7.60. The number of aliphatic carboxylic acids is 1. The van der Waals surface area contributed by atoms with E-state index in [-0.39, 0.29) is 16.2 Å². The second kappa shape index (κ2) is 12.8. The summed E-state index contributed by atoms with van der Waals surface area (Å²) in [4.78, 5) is 12.8. The molecular weight excluding hydrogens is 882 g/mol. The topological polar surface area (TPSA) is 152 Å². The summed E-state index contributed by atoms with van der Waals surface area (Å²) in [7, 11) is -7.70. The van der Waals surface area contributed by atoms with Crippen LogP contribution < -0.4 is 4.90 Å². The molecule has 0 unspecified atom stereocenters. The Hall–Kier alpha value is -2.90. The van der Waals surface area contributed by atoms with E-state index in [4.69, 9.17) is 0 Å². The Bertz CT molecular complexity index is 2280. The number of carbonyl (C=O) groups is 1. The van der Waals surface area contributed by atoms with Crippen molar-refractivity contribution in [3.05, 3.63) is 103 Å². The average molecular weight is 916 g/mol. The Morgan fingerprint density at radius 2 is 1.50 bits per heavy atom. The van der Waals surface area contributed by atoms with E-state index in [0.29, 0.717) is 23.0 Å². The standard InChI is InChI=1S/C34H32I2N2O8S2/c1-33(2)28(37(5)26-16-20(35)15-24(36)32(26)33)11-9-7-6-8-10-12-29-34(3,4)31-23-17-21(47(41,42)43)18-27(48(44,45)46)22(23)13-14-25(31)38(29)19-30(39)40/h6-18H,19H2,1-5H3,(H2-,39,40,41,42,43,44,45,46)/p+1. The Balaban J connectivity index is 1.50. The van der Waals surface area contributed by atoms with Crippen LogP contribution in [0.15, 0.2) is 94.4 Å². The van der Waals surface area contributed by atoms with Crippen LogP contribution in [0.2, 0.25) is 0 Å². The van der Waals surface area contributed by atoms with Crippen molar-refractivity contribution in [1.29, 1.82) is 0 Å². The van der Waals surface area contributed by atoms with Gasteiger partial charge in [-0.25, -0.2) is 4.79 Å². The van der Waals surface area contributed by atoms with Gasteiger partial charge in [0.25, 0.3) is 20.2 Å². The van der Waals surface area contributed by atoms with Gasteiger partial charge in [0.05, 0.1) is 10.3 Å². The van der Waals surface area contributed by atoms with Gasteiger partial charge in [-0.1, -0.05) is 44.2 Å². The molecule has 0 spiro atoms. The lowest BCUT2D eigenvalue weighted by Crippen LogP contribution is -2.29. The molecule has 252 valence electrons. The molecule has 0 radical (unpaired) electrons. The van der Waals surface area contributed by atoms with E-state index >= 15 is 0 Å². The van der Waals surface area contributed by atoms with E-state index in [1.54, 1.807) is 42.7 Å². The van der Waals surface area contributed by atoms with E-state index in [0.717, 1.165) is 11.8 Å².